The van der Waals surface area contributed by atoms with Crippen molar-refractivity contribution in [2.45, 2.75) is 12.5 Å². The summed E-state index contributed by atoms with van der Waals surface area (Å²) in [7, 11) is 0. The van der Waals surface area contributed by atoms with Gasteiger partial charge in [0.2, 0.25) is 5.91 Å². The highest BCUT2D eigenvalue weighted by atomic mass is 32.2. The summed E-state index contributed by atoms with van der Waals surface area (Å²) in [5.41, 5.74) is 1.65. The van der Waals surface area contributed by atoms with Crippen molar-refractivity contribution >= 4 is 46.2 Å². The number of carbonyl (C=O) groups excluding carboxylic acids is 2. The van der Waals surface area contributed by atoms with Crippen molar-refractivity contribution in [1.82, 2.24) is 10.2 Å². The Kier molecular flexibility index (Phi) is 7.13. The lowest BCUT2D eigenvalue weighted by Crippen LogP contribution is -2.45. The SMILES string of the molecule is O=C(CN1C(=O)/C(=C/c2ccc(F)cc2)SC1=S)N[C@H](CO)Cc1ccccc1. The van der Waals surface area contributed by atoms with E-state index in [1.54, 1.807) is 18.2 Å². The fraction of sp³-hybridized carbons (Fsp3) is 0.190. The van der Waals surface area contributed by atoms with Gasteiger partial charge < -0.3 is 10.4 Å². The maximum Gasteiger partial charge on any atom is 0.266 e. The third kappa shape index (κ3) is 5.72. The highest BCUT2D eigenvalue weighted by Gasteiger charge is 2.33. The van der Waals surface area contributed by atoms with Gasteiger partial charge in [-0.1, -0.05) is 66.4 Å². The number of nitrogens with one attached hydrogen (secondary N) is 1. The van der Waals surface area contributed by atoms with E-state index in [0.717, 1.165) is 17.3 Å². The number of halogens is 1. The molecule has 5 nitrogen and oxygen atoms in total. The van der Waals surface area contributed by atoms with E-state index in [4.69, 9.17) is 12.2 Å². The molecule has 2 aromatic carbocycles. The van der Waals surface area contributed by atoms with Crippen LogP contribution in [-0.4, -0.2) is 45.3 Å². The summed E-state index contributed by atoms with van der Waals surface area (Å²) in [6.07, 6.45) is 2.09. The van der Waals surface area contributed by atoms with E-state index in [0.29, 0.717) is 16.9 Å². The van der Waals surface area contributed by atoms with Gasteiger partial charge in [0, 0.05) is 0 Å². The maximum atomic E-state index is 13.0. The number of rotatable bonds is 7. The Morgan fingerprint density at radius 1 is 1.21 bits per heavy atom. The summed E-state index contributed by atoms with van der Waals surface area (Å²) in [6, 6.07) is 14.8. The molecule has 3 rings (SSSR count). The van der Waals surface area contributed by atoms with Gasteiger partial charge in [-0.15, -0.1) is 0 Å². The number of aliphatic hydroxyl groups is 1. The molecule has 1 aliphatic heterocycles. The van der Waals surface area contributed by atoms with Gasteiger partial charge in [-0.25, -0.2) is 4.39 Å². The summed E-state index contributed by atoms with van der Waals surface area (Å²) < 4.78 is 13.3. The molecule has 0 spiro atoms. The molecule has 0 saturated carbocycles. The normalized spacial score (nSPS) is 16.3. The Bertz CT molecular complexity index is 933. The van der Waals surface area contributed by atoms with Crippen LogP contribution >= 0.6 is 24.0 Å². The number of carbonyl (C=O) groups is 2. The second kappa shape index (κ2) is 9.78. The molecule has 8 heteroatoms. The number of thioether (sulfide) groups is 1. The number of thiocarbonyl (C=S) groups is 1. The molecule has 1 atom stereocenters. The fourth-order valence-electron chi connectivity index (χ4n) is 2.82. The predicted octanol–water partition coefficient (Wildman–Crippen LogP) is 2.75. The van der Waals surface area contributed by atoms with Crippen molar-refractivity contribution in [3.63, 3.8) is 0 Å². The number of benzene rings is 2. The Balaban J connectivity index is 1.61. The zero-order valence-electron chi connectivity index (χ0n) is 15.4. The minimum absolute atomic E-state index is 0.219. The lowest BCUT2D eigenvalue weighted by Gasteiger charge is -2.19. The van der Waals surface area contributed by atoms with Crippen molar-refractivity contribution in [1.29, 1.82) is 0 Å². The van der Waals surface area contributed by atoms with E-state index >= 15 is 0 Å². The first kappa shape index (κ1) is 21.2. The molecular weight excluding hydrogens is 411 g/mol. The molecule has 1 fully saturated rings. The minimum atomic E-state index is -0.460. The van der Waals surface area contributed by atoms with Crippen LogP contribution in [0, 0.1) is 5.82 Å². The molecule has 1 saturated heterocycles. The smallest absolute Gasteiger partial charge is 0.266 e. The first-order valence-corrected chi connectivity index (χ1v) is 10.1. The van der Waals surface area contributed by atoms with Gasteiger partial charge in [0.05, 0.1) is 17.6 Å². The largest absolute Gasteiger partial charge is 0.394 e. The predicted molar refractivity (Wildman–Crippen MR) is 115 cm³/mol. The number of hydrogen-bond donors (Lipinski definition) is 2. The van der Waals surface area contributed by atoms with Crippen molar-refractivity contribution in [2.75, 3.05) is 13.2 Å². The number of amides is 2. The van der Waals surface area contributed by atoms with E-state index < -0.39 is 11.9 Å². The molecule has 0 unspecified atom stereocenters. The van der Waals surface area contributed by atoms with Crippen LogP contribution in [0.5, 0.6) is 0 Å². The van der Waals surface area contributed by atoms with E-state index in [9.17, 15) is 19.1 Å². The molecule has 2 amide bonds. The second-order valence-corrected chi connectivity index (χ2v) is 8.13. The van der Waals surface area contributed by atoms with E-state index in [-0.39, 0.29) is 29.2 Å². The highest BCUT2D eigenvalue weighted by molar-refractivity contribution is 8.26. The lowest BCUT2D eigenvalue weighted by atomic mass is 10.1. The molecule has 0 aliphatic carbocycles. The first-order chi connectivity index (χ1) is 14.0. The summed E-state index contributed by atoms with van der Waals surface area (Å²) in [5, 5.41) is 12.3. The number of nitrogens with zero attached hydrogens (tertiary/aromatic N) is 1. The van der Waals surface area contributed by atoms with Crippen molar-refractivity contribution in [3.05, 3.63) is 76.4 Å². The van der Waals surface area contributed by atoms with Gasteiger partial charge in [0.15, 0.2) is 0 Å². The fourth-order valence-corrected chi connectivity index (χ4v) is 4.08. The Morgan fingerprint density at radius 2 is 1.90 bits per heavy atom. The molecule has 0 bridgehead atoms. The molecule has 0 aromatic heterocycles. The zero-order valence-corrected chi connectivity index (χ0v) is 17.0. The summed E-state index contributed by atoms with van der Waals surface area (Å²) in [6.45, 7) is -0.444. The van der Waals surface area contributed by atoms with Gasteiger partial charge in [0.25, 0.3) is 5.91 Å². The number of hydrogen-bond acceptors (Lipinski definition) is 5. The molecule has 150 valence electrons. The van der Waals surface area contributed by atoms with Gasteiger partial charge in [-0.3, -0.25) is 14.5 Å². The van der Waals surface area contributed by atoms with Gasteiger partial charge in [0.1, 0.15) is 16.7 Å². The Hall–Kier alpha value is -2.55. The average Bonchev–Trinajstić information content (AvgIpc) is 2.97. The zero-order chi connectivity index (χ0) is 20.8. The summed E-state index contributed by atoms with van der Waals surface area (Å²) in [5.74, 6) is -1.14. The van der Waals surface area contributed by atoms with Crippen molar-refractivity contribution in [3.8, 4) is 0 Å². The van der Waals surface area contributed by atoms with Crippen LogP contribution in [0.1, 0.15) is 11.1 Å². The van der Waals surface area contributed by atoms with Gasteiger partial charge >= 0.3 is 0 Å². The average molecular weight is 431 g/mol. The number of aliphatic hydroxyl groups excluding tert-OH is 1. The van der Waals surface area contributed by atoms with Crippen LogP contribution < -0.4 is 5.32 Å². The van der Waals surface area contributed by atoms with Crippen LogP contribution in [0.3, 0.4) is 0 Å². The van der Waals surface area contributed by atoms with E-state index in [1.807, 2.05) is 30.3 Å². The molecule has 29 heavy (non-hydrogen) atoms. The topological polar surface area (TPSA) is 69.6 Å². The minimum Gasteiger partial charge on any atom is -0.394 e. The monoisotopic (exact) mass is 430 g/mol. The third-order valence-electron chi connectivity index (χ3n) is 4.25. The van der Waals surface area contributed by atoms with Crippen molar-refractivity contribution < 1.29 is 19.1 Å². The Labute approximate surface area is 177 Å². The molecule has 1 heterocycles. The van der Waals surface area contributed by atoms with E-state index in [1.165, 1.54) is 17.0 Å². The van der Waals surface area contributed by atoms with Crippen LogP contribution in [-0.2, 0) is 16.0 Å². The molecule has 2 N–H and O–H groups in total. The van der Waals surface area contributed by atoms with Crippen LogP contribution in [0.15, 0.2) is 59.5 Å². The lowest BCUT2D eigenvalue weighted by molar-refractivity contribution is -0.129. The van der Waals surface area contributed by atoms with Gasteiger partial charge in [-0.2, -0.15) is 0 Å². The maximum absolute atomic E-state index is 13.0. The quantitative estimate of drug-likeness (QED) is 0.522. The molecule has 0 radical (unpaired) electrons. The van der Waals surface area contributed by atoms with Gasteiger partial charge in [-0.05, 0) is 35.8 Å². The van der Waals surface area contributed by atoms with Crippen LogP contribution in [0.2, 0.25) is 0 Å². The second-order valence-electron chi connectivity index (χ2n) is 6.46. The first-order valence-electron chi connectivity index (χ1n) is 8.91. The summed E-state index contributed by atoms with van der Waals surface area (Å²) in [4.78, 5) is 26.6. The van der Waals surface area contributed by atoms with Crippen LogP contribution in [0.4, 0.5) is 4.39 Å². The van der Waals surface area contributed by atoms with Crippen molar-refractivity contribution in [2.24, 2.45) is 0 Å². The molecule has 2 aromatic rings. The highest BCUT2D eigenvalue weighted by Crippen LogP contribution is 2.32. The standard InChI is InChI=1S/C21H19FN2O3S2/c22-16-8-6-15(7-9-16)11-18-20(27)24(21(28)29-18)12-19(26)23-17(13-25)10-14-4-2-1-3-5-14/h1-9,11,17,25H,10,12-13H2,(H,23,26)/b18-11-/t17-/m0/s1. The van der Waals surface area contributed by atoms with E-state index in [2.05, 4.69) is 5.32 Å². The molecule has 1 aliphatic rings. The third-order valence-corrected chi connectivity index (χ3v) is 5.63. The summed E-state index contributed by atoms with van der Waals surface area (Å²) >= 11 is 6.33. The molecular formula is C21H19FN2O3S2. The Morgan fingerprint density at radius 3 is 2.55 bits per heavy atom. The van der Waals surface area contributed by atoms with Crippen LogP contribution in [0.25, 0.3) is 6.08 Å².